The zero-order chi connectivity index (χ0) is 26.9. The van der Waals surface area contributed by atoms with E-state index in [1.165, 1.54) is 40.8 Å². The molecule has 4 aromatic rings. The van der Waals surface area contributed by atoms with Crippen molar-refractivity contribution in [1.29, 1.82) is 0 Å². The summed E-state index contributed by atoms with van der Waals surface area (Å²) in [5, 5.41) is 4.06. The molecule has 0 unspecified atom stereocenters. The predicted octanol–water partition coefficient (Wildman–Crippen LogP) is 6.33. The van der Waals surface area contributed by atoms with Crippen molar-refractivity contribution < 1.29 is 14.3 Å². The molecule has 2 aliphatic rings. The highest BCUT2D eigenvalue weighted by Crippen LogP contribution is 2.29. The summed E-state index contributed by atoms with van der Waals surface area (Å²) >= 11 is 7.14. The van der Waals surface area contributed by atoms with Crippen molar-refractivity contribution in [2.45, 2.75) is 32.4 Å². The van der Waals surface area contributed by atoms with E-state index < -0.39 is 12.2 Å². The molecule has 0 radical (unpaired) electrons. The maximum atomic E-state index is 12.7. The minimum Gasteiger partial charge on any atom is -0.442 e. The first-order valence-electron chi connectivity index (χ1n) is 13.4. The lowest BCUT2D eigenvalue weighted by Crippen LogP contribution is -2.34. The zero-order valence-corrected chi connectivity index (χ0v) is 23.4. The van der Waals surface area contributed by atoms with Crippen LogP contribution in [0.4, 0.5) is 10.5 Å². The number of amides is 2. The Bertz CT molecular complexity index is 1490. The van der Waals surface area contributed by atoms with Gasteiger partial charge in [-0.1, -0.05) is 36.7 Å². The third-order valence-corrected chi connectivity index (χ3v) is 8.86. The van der Waals surface area contributed by atoms with E-state index in [2.05, 4.69) is 64.2 Å². The summed E-state index contributed by atoms with van der Waals surface area (Å²) in [6, 6.07) is 22.2. The van der Waals surface area contributed by atoms with Crippen LogP contribution in [0.25, 0.3) is 16.6 Å². The number of rotatable bonds is 7. The van der Waals surface area contributed by atoms with E-state index >= 15 is 0 Å². The highest BCUT2D eigenvalue weighted by molar-refractivity contribution is 7.18. The Labute approximate surface area is 236 Å². The van der Waals surface area contributed by atoms with Gasteiger partial charge in [0.1, 0.15) is 6.10 Å². The summed E-state index contributed by atoms with van der Waals surface area (Å²) in [7, 11) is 0. The lowest BCUT2D eigenvalue weighted by molar-refractivity contribution is 0.0920. The second kappa shape index (κ2) is 11.0. The van der Waals surface area contributed by atoms with Gasteiger partial charge < -0.3 is 14.6 Å². The van der Waals surface area contributed by atoms with Gasteiger partial charge in [0.05, 0.1) is 27.8 Å². The number of nitrogens with zero attached hydrogens (tertiary/aromatic N) is 3. The number of anilines is 1. The maximum absolute atomic E-state index is 12.7. The average Bonchev–Trinajstić information content (AvgIpc) is 3.65. The van der Waals surface area contributed by atoms with E-state index in [4.69, 9.17) is 16.3 Å². The van der Waals surface area contributed by atoms with Gasteiger partial charge in [-0.05, 0) is 80.4 Å². The van der Waals surface area contributed by atoms with Crippen LogP contribution in [0, 0.1) is 5.92 Å². The molecule has 2 fully saturated rings. The lowest BCUT2D eigenvalue weighted by Gasteiger charge is -2.30. The Morgan fingerprint density at radius 1 is 1.05 bits per heavy atom. The van der Waals surface area contributed by atoms with Gasteiger partial charge in [0.15, 0.2) is 0 Å². The van der Waals surface area contributed by atoms with E-state index in [0.717, 1.165) is 36.9 Å². The number of carbonyl (C=O) groups excluding carboxylic acids is 2. The van der Waals surface area contributed by atoms with Gasteiger partial charge in [0.2, 0.25) is 0 Å². The Hall–Kier alpha value is -3.33. The fraction of sp³-hybridized carbons (Fsp3) is 0.333. The number of para-hydroxylation sites is 1. The van der Waals surface area contributed by atoms with Crippen molar-refractivity contribution in [1.82, 2.24) is 14.8 Å². The van der Waals surface area contributed by atoms with Crippen LogP contribution in [-0.2, 0) is 11.3 Å². The zero-order valence-electron chi connectivity index (χ0n) is 21.8. The molecular weight excluding hydrogens is 532 g/mol. The number of carbonyl (C=O) groups is 2. The summed E-state index contributed by atoms with van der Waals surface area (Å²) < 4.78 is 8.42. The molecule has 2 aromatic carbocycles. The highest BCUT2D eigenvalue weighted by Gasteiger charge is 2.32. The van der Waals surface area contributed by atoms with Crippen LogP contribution in [0.5, 0.6) is 0 Å². The molecule has 4 heterocycles. The van der Waals surface area contributed by atoms with Crippen LogP contribution in [0.1, 0.15) is 35.1 Å². The van der Waals surface area contributed by atoms with Crippen molar-refractivity contribution in [2.24, 2.45) is 5.92 Å². The molecule has 2 amide bonds. The summed E-state index contributed by atoms with van der Waals surface area (Å²) in [6.07, 6.45) is 1.65. The molecule has 0 spiro atoms. The van der Waals surface area contributed by atoms with Crippen LogP contribution in [0.2, 0.25) is 4.34 Å². The lowest BCUT2D eigenvalue weighted by atomic mass is 9.99. The van der Waals surface area contributed by atoms with Crippen molar-refractivity contribution in [3.8, 4) is 5.69 Å². The van der Waals surface area contributed by atoms with Crippen molar-refractivity contribution in [2.75, 3.05) is 31.1 Å². The second-order valence-electron chi connectivity index (χ2n) is 10.4. The van der Waals surface area contributed by atoms with E-state index in [-0.39, 0.29) is 12.5 Å². The third-order valence-electron chi connectivity index (χ3n) is 7.63. The molecule has 1 N–H and O–H groups in total. The fourth-order valence-electron chi connectivity index (χ4n) is 5.43. The number of likely N-dealkylation sites (tertiary alicyclic amines) is 1. The monoisotopic (exact) mass is 562 g/mol. The molecule has 0 saturated carbocycles. The first-order chi connectivity index (χ1) is 18.9. The standard InChI is InChI=1S/C30H31ClN4O3S/c1-20-12-14-33(15-13-20)18-24-16-21-4-2-3-5-26(21)35(24)23-8-6-22(7-9-23)34-19-25(38-30(34)37)17-32-29(36)27-10-11-28(31)39-27/h2-11,16,20,25H,12-15,17-19H2,1H3,(H,32,36)/t25-/m0/s1. The number of benzene rings is 2. The Balaban J connectivity index is 1.17. The second-order valence-corrected chi connectivity index (χ2v) is 12.2. The molecule has 9 heteroatoms. The van der Waals surface area contributed by atoms with Crippen LogP contribution in [0.15, 0.2) is 66.7 Å². The number of hydrogen-bond donors (Lipinski definition) is 1. The number of thiophene rings is 1. The number of nitrogens with one attached hydrogen (secondary N) is 1. The molecule has 2 aromatic heterocycles. The summed E-state index contributed by atoms with van der Waals surface area (Å²) in [6.45, 7) is 6.11. The summed E-state index contributed by atoms with van der Waals surface area (Å²) in [5.74, 6) is 0.576. The van der Waals surface area contributed by atoms with Gasteiger partial charge in [0.25, 0.3) is 5.91 Å². The Morgan fingerprint density at radius 2 is 1.79 bits per heavy atom. The molecule has 6 rings (SSSR count). The van der Waals surface area contributed by atoms with Crippen LogP contribution in [-0.4, -0.2) is 53.8 Å². The largest absolute Gasteiger partial charge is 0.442 e. The number of hydrogen-bond acceptors (Lipinski definition) is 5. The van der Waals surface area contributed by atoms with Crippen molar-refractivity contribution >= 4 is 51.5 Å². The predicted molar refractivity (Wildman–Crippen MR) is 156 cm³/mol. The van der Waals surface area contributed by atoms with Gasteiger partial charge in [-0.25, -0.2) is 4.79 Å². The van der Waals surface area contributed by atoms with Gasteiger partial charge in [-0.15, -0.1) is 11.3 Å². The molecule has 2 aliphatic heterocycles. The van der Waals surface area contributed by atoms with E-state index in [1.807, 2.05) is 12.1 Å². The van der Waals surface area contributed by atoms with Crippen LogP contribution < -0.4 is 10.2 Å². The number of halogens is 1. The molecule has 202 valence electrons. The van der Waals surface area contributed by atoms with Gasteiger partial charge in [-0.2, -0.15) is 0 Å². The third kappa shape index (κ3) is 5.55. The molecule has 2 saturated heterocycles. The summed E-state index contributed by atoms with van der Waals surface area (Å²) in [4.78, 5) is 29.7. The number of fused-ring (bicyclic) bond motifs is 1. The molecule has 1 atom stereocenters. The molecule has 0 bridgehead atoms. The van der Waals surface area contributed by atoms with Gasteiger partial charge >= 0.3 is 6.09 Å². The topological polar surface area (TPSA) is 66.8 Å². The van der Waals surface area contributed by atoms with Crippen molar-refractivity contribution in [3.05, 3.63) is 81.6 Å². The first-order valence-corrected chi connectivity index (χ1v) is 14.6. The molecular formula is C30H31ClN4O3S. The van der Waals surface area contributed by atoms with Gasteiger partial charge in [0, 0.05) is 29.0 Å². The summed E-state index contributed by atoms with van der Waals surface area (Å²) in [5.41, 5.74) is 4.27. The first kappa shape index (κ1) is 25.9. The number of ether oxygens (including phenoxy) is 1. The minimum atomic E-state index is -0.427. The van der Waals surface area contributed by atoms with Crippen molar-refractivity contribution in [3.63, 3.8) is 0 Å². The SMILES string of the molecule is CC1CCN(Cc2cc3ccccc3n2-c2ccc(N3C[C@H](CNC(=O)c4ccc(Cl)s4)OC3=O)cc2)CC1. The van der Waals surface area contributed by atoms with Crippen LogP contribution in [0.3, 0.4) is 0 Å². The highest BCUT2D eigenvalue weighted by atomic mass is 35.5. The van der Waals surface area contributed by atoms with E-state index in [0.29, 0.717) is 15.8 Å². The fourth-order valence-corrected chi connectivity index (χ4v) is 6.39. The van der Waals surface area contributed by atoms with Crippen LogP contribution >= 0.6 is 22.9 Å². The van der Waals surface area contributed by atoms with E-state index in [1.54, 1.807) is 17.0 Å². The Morgan fingerprint density at radius 3 is 2.54 bits per heavy atom. The average molecular weight is 563 g/mol. The van der Waals surface area contributed by atoms with E-state index in [9.17, 15) is 9.59 Å². The number of cyclic esters (lactones) is 1. The quantitative estimate of drug-likeness (QED) is 0.286. The molecule has 39 heavy (non-hydrogen) atoms. The minimum absolute atomic E-state index is 0.223. The normalized spacial score (nSPS) is 18.6. The van der Waals surface area contributed by atoms with Gasteiger partial charge in [-0.3, -0.25) is 14.6 Å². The molecule has 7 nitrogen and oxygen atoms in total. The number of aromatic nitrogens is 1. The number of piperidine rings is 1. The smallest absolute Gasteiger partial charge is 0.414 e. The maximum Gasteiger partial charge on any atom is 0.414 e. The molecule has 0 aliphatic carbocycles. The Kier molecular flexibility index (Phi) is 7.34.